The van der Waals surface area contributed by atoms with Crippen LogP contribution in [0.3, 0.4) is 0 Å². The third-order valence-electron chi connectivity index (χ3n) is 3.05. The summed E-state index contributed by atoms with van der Waals surface area (Å²) in [6.45, 7) is 0. The van der Waals surface area contributed by atoms with Crippen LogP contribution >= 0.6 is 11.6 Å². The van der Waals surface area contributed by atoms with Crippen LogP contribution in [0, 0.1) is 5.82 Å². The first-order valence-electron chi connectivity index (χ1n) is 5.67. The highest BCUT2D eigenvalue weighted by atomic mass is 35.5. The van der Waals surface area contributed by atoms with Crippen LogP contribution in [0.5, 0.6) is 5.75 Å². The van der Waals surface area contributed by atoms with E-state index >= 15 is 0 Å². The second kappa shape index (κ2) is 4.24. The minimum absolute atomic E-state index is 0.0234. The molecule has 0 aliphatic heterocycles. The van der Waals surface area contributed by atoms with E-state index in [4.69, 9.17) is 11.6 Å². The zero-order chi connectivity index (χ0) is 13.6. The third kappa shape index (κ3) is 1.94. The number of halogens is 2. The Morgan fingerprint density at radius 3 is 2.74 bits per heavy atom. The number of fused-ring (bicyclic) bond motifs is 1. The molecule has 0 fully saturated rings. The molecule has 1 aromatic heterocycles. The Hall–Kier alpha value is -2.07. The van der Waals surface area contributed by atoms with Crippen molar-refractivity contribution in [2.75, 3.05) is 0 Å². The first kappa shape index (κ1) is 12.0. The molecule has 19 heavy (non-hydrogen) atoms. The van der Waals surface area contributed by atoms with E-state index in [-0.39, 0.29) is 16.6 Å². The average Bonchev–Trinajstić information content (AvgIpc) is 2.70. The van der Waals surface area contributed by atoms with Gasteiger partial charge in [0.25, 0.3) is 0 Å². The van der Waals surface area contributed by atoms with Crippen LogP contribution in [0.15, 0.2) is 36.4 Å². The molecule has 0 atom stereocenters. The van der Waals surface area contributed by atoms with Gasteiger partial charge in [0, 0.05) is 18.7 Å². The van der Waals surface area contributed by atoms with Crippen LogP contribution in [0.4, 0.5) is 4.39 Å². The lowest BCUT2D eigenvalue weighted by molar-refractivity contribution is 0.475. The fourth-order valence-corrected chi connectivity index (χ4v) is 2.26. The Bertz CT molecular complexity index is 782. The van der Waals surface area contributed by atoms with Crippen molar-refractivity contribution >= 4 is 22.6 Å². The monoisotopic (exact) mass is 276 g/mol. The Kier molecular flexibility index (Phi) is 2.68. The molecule has 0 amide bonds. The van der Waals surface area contributed by atoms with E-state index in [1.54, 1.807) is 18.2 Å². The number of aromatic hydroxyl groups is 1. The topological polar surface area (TPSA) is 38.0 Å². The molecule has 5 heteroatoms. The van der Waals surface area contributed by atoms with Gasteiger partial charge >= 0.3 is 0 Å². The molecule has 0 aliphatic carbocycles. The van der Waals surface area contributed by atoms with Gasteiger partial charge in [0.2, 0.25) is 0 Å². The van der Waals surface area contributed by atoms with Crippen LogP contribution < -0.4 is 0 Å². The van der Waals surface area contributed by atoms with E-state index in [0.29, 0.717) is 11.3 Å². The molecule has 1 heterocycles. The van der Waals surface area contributed by atoms with E-state index in [0.717, 1.165) is 11.1 Å². The van der Waals surface area contributed by atoms with Crippen LogP contribution in [-0.4, -0.2) is 14.7 Å². The van der Waals surface area contributed by atoms with Gasteiger partial charge in [-0.1, -0.05) is 11.6 Å². The number of rotatable bonds is 1. The van der Waals surface area contributed by atoms with E-state index in [1.807, 2.05) is 11.6 Å². The van der Waals surface area contributed by atoms with Gasteiger partial charge in [-0.3, -0.25) is 0 Å². The number of hydrogen-bond acceptors (Lipinski definition) is 2. The zero-order valence-electron chi connectivity index (χ0n) is 10.1. The SMILES string of the molecule is Cn1c(-c2ccc(O)c(Cl)c2)nc2cc(F)ccc21. The number of aryl methyl sites for hydroxylation is 1. The summed E-state index contributed by atoms with van der Waals surface area (Å²) in [6.07, 6.45) is 0. The molecule has 1 N–H and O–H groups in total. The second-order valence-electron chi connectivity index (χ2n) is 4.29. The van der Waals surface area contributed by atoms with Crippen LogP contribution in [0.2, 0.25) is 5.02 Å². The molecule has 3 nitrogen and oxygen atoms in total. The smallest absolute Gasteiger partial charge is 0.140 e. The summed E-state index contributed by atoms with van der Waals surface area (Å²) in [5, 5.41) is 9.69. The third-order valence-corrected chi connectivity index (χ3v) is 3.35. The van der Waals surface area contributed by atoms with Crippen molar-refractivity contribution in [3.63, 3.8) is 0 Å². The number of hydrogen-bond donors (Lipinski definition) is 1. The van der Waals surface area contributed by atoms with Crippen molar-refractivity contribution in [3.8, 4) is 17.1 Å². The number of phenols is 1. The molecular weight excluding hydrogens is 267 g/mol. The summed E-state index contributed by atoms with van der Waals surface area (Å²) in [5.74, 6) is 0.374. The molecule has 0 radical (unpaired) electrons. The van der Waals surface area contributed by atoms with E-state index in [2.05, 4.69) is 4.98 Å². The maximum absolute atomic E-state index is 13.2. The van der Waals surface area contributed by atoms with Gasteiger partial charge in [0.1, 0.15) is 17.4 Å². The summed E-state index contributed by atoms with van der Waals surface area (Å²) in [7, 11) is 1.85. The normalized spacial score (nSPS) is 11.1. The lowest BCUT2D eigenvalue weighted by Gasteiger charge is -2.04. The molecule has 0 aliphatic rings. The molecule has 96 valence electrons. The highest BCUT2D eigenvalue weighted by Crippen LogP contribution is 2.30. The Morgan fingerprint density at radius 2 is 2.00 bits per heavy atom. The highest BCUT2D eigenvalue weighted by Gasteiger charge is 2.11. The molecular formula is C14H10ClFN2O. The molecule has 3 rings (SSSR count). The number of aromatic nitrogens is 2. The van der Waals surface area contributed by atoms with Crippen molar-refractivity contribution in [3.05, 3.63) is 47.2 Å². The first-order chi connectivity index (χ1) is 9.06. The van der Waals surface area contributed by atoms with Gasteiger partial charge in [-0.15, -0.1) is 0 Å². The molecule has 0 bridgehead atoms. The van der Waals surface area contributed by atoms with Gasteiger partial charge in [-0.05, 0) is 30.3 Å². The minimum Gasteiger partial charge on any atom is -0.506 e. The van der Waals surface area contributed by atoms with E-state index in [9.17, 15) is 9.50 Å². The maximum Gasteiger partial charge on any atom is 0.140 e. The van der Waals surface area contributed by atoms with Gasteiger partial charge in [-0.2, -0.15) is 0 Å². The Balaban J connectivity index is 2.24. The molecule has 0 spiro atoms. The number of benzene rings is 2. The molecule has 0 unspecified atom stereocenters. The summed E-state index contributed by atoms with van der Waals surface area (Å²) in [4.78, 5) is 4.40. The first-order valence-corrected chi connectivity index (χ1v) is 6.05. The van der Waals surface area contributed by atoms with Crippen LogP contribution in [-0.2, 0) is 7.05 Å². The van der Waals surface area contributed by atoms with E-state index < -0.39 is 0 Å². The number of nitrogens with zero attached hydrogens (tertiary/aromatic N) is 2. The average molecular weight is 277 g/mol. The van der Waals surface area contributed by atoms with Gasteiger partial charge in [0.15, 0.2) is 0 Å². The predicted molar refractivity (Wildman–Crippen MR) is 72.8 cm³/mol. The second-order valence-corrected chi connectivity index (χ2v) is 4.70. The highest BCUT2D eigenvalue weighted by molar-refractivity contribution is 6.32. The lowest BCUT2D eigenvalue weighted by Crippen LogP contribution is -1.92. The van der Waals surface area contributed by atoms with Gasteiger partial charge < -0.3 is 9.67 Å². The Morgan fingerprint density at radius 1 is 1.21 bits per heavy atom. The van der Waals surface area contributed by atoms with Crippen LogP contribution in [0.25, 0.3) is 22.4 Å². The van der Waals surface area contributed by atoms with E-state index in [1.165, 1.54) is 18.2 Å². The summed E-state index contributed by atoms with van der Waals surface area (Å²) in [6, 6.07) is 9.34. The maximum atomic E-state index is 13.2. The molecule has 0 saturated carbocycles. The standard InChI is InChI=1S/C14H10ClFN2O/c1-18-12-4-3-9(16)7-11(12)17-14(18)8-2-5-13(19)10(15)6-8/h2-7,19H,1H3. The lowest BCUT2D eigenvalue weighted by atomic mass is 10.2. The van der Waals surface area contributed by atoms with Crippen LogP contribution in [0.1, 0.15) is 0 Å². The minimum atomic E-state index is -0.319. The molecule has 0 saturated heterocycles. The van der Waals surface area contributed by atoms with Crippen molar-refractivity contribution in [1.82, 2.24) is 9.55 Å². The fourth-order valence-electron chi connectivity index (χ4n) is 2.08. The number of imidazole rings is 1. The fraction of sp³-hybridized carbons (Fsp3) is 0.0714. The summed E-state index contributed by atoms with van der Waals surface area (Å²) in [5.41, 5.74) is 2.18. The van der Waals surface area contributed by atoms with Crippen molar-refractivity contribution in [1.29, 1.82) is 0 Å². The largest absolute Gasteiger partial charge is 0.506 e. The zero-order valence-corrected chi connectivity index (χ0v) is 10.8. The van der Waals surface area contributed by atoms with Crippen molar-refractivity contribution in [2.45, 2.75) is 0 Å². The van der Waals surface area contributed by atoms with Gasteiger partial charge in [0.05, 0.1) is 16.1 Å². The summed E-state index contributed by atoms with van der Waals surface area (Å²) < 4.78 is 15.1. The van der Waals surface area contributed by atoms with Crippen molar-refractivity contribution < 1.29 is 9.50 Å². The van der Waals surface area contributed by atoms with Gasteiger partial charge in [-0.25, -0.2) is 9.37 Å². The predicted octanol–water partition coefficient (Wildman–Crippen LogP) is 3.74. The molecule has 3 aromatic rings. The Labute approximate surface area is 113 Å². The van der Waals surface area contributed by atoms with Crippen molar-refractivity contribution in [2.24, 2.45) is 7.05 Å². The quantitative estimate of drug-likeness (QED) is 0.735. The molecule has 2 aromatic carbocycles. The summed E-state index contributed by atoms with van der Waals surface area (Å²) >= 11 is 5.89. The number of phenolic OH excluding ortho intramolecular Hbond substituents is 1.